The second-order valence-electron chi connectivity index (χ2n) is 6.88. The van der Waals surface area contributed by atoms with Crippen molar-refractivity contribution in [3.05, 3.63) is 64.7 Å². The van der Waals surface area contributed by atoms with Crippen molar-refractivity contribution in [1.82, 2.24) is 9.80 Å². The van der Waals surface area contributed by atoms with Gasteiger partial charge in [-0.2, -0.15) is 5.26 Å². The highest BCUT2D eigenvalue weighted by molar-refractivity contribution is 6.31. The zero-order valence-corrected chi connectivity index (χ0v) is 16.6. The molecule has 1 aliphatic rings. The Morgan fingerprint density at radius 1 is 1.14 bits per heavy atom. The number of hydrogen-bond acceptors (Lipinski definition) is 5. The van der Waals surface area contributed by atoms with Crippen LogP contribution >= 0.6 is 11.6 Å². The highest BCUT2D eigenvalue weighted by Crippen LogP contribution is 2.22. The average molecular weight is 412 g/mol. The van der Waals surface area contributed by atoms with Crippen LogP contribution in [0.5, 0.6) is 0 Å². The monoisotopic (exact) mass is 411 g/mol. The van der Waals surface area contributed by atoms with Crippen LogP contribution in [0.25, 0.3) is 0 Å². The SMILES string of the molecule is N#Cc1ccc(Cl)cc1NC(=O)CN1CCN([C@H](C(N)=O)c2ccccc2)CC1. The maximum Gasteiger partial charge on any atom is 0.239 e. The van der Waals surface area contributed by atoms with Crippen LogP contribution in [0.3, 0.4) is 0 Å². The number of benzene rings is 2. The summed E-state index contributed by atoms with van der Waals surface area (Å²) in [6.45, 7) is 2.69. The number of nitriles is 1. The van der Waals surface area contributed by atoms with Crippen LogP contribution < -0.4 is 11.1 Å². The van der Waals surface area contributed by atoms with Gasteiger partial charge in [0, 0.05) is 31.2 Å². The van der Waals surface area contributed by atoms with Crippen LogP contribution in [0, 0.1) is 11.3 Å². The number of anilines is 1. The molecule has 0 bridgehead atoms. The van der Waals surface area contributed by atoms with E-state index in [4.69, 9.17) is 22.6 Å². The van der Waals surface area contributed by atoms with Gasteiger partial charge in [0.25, 0.3) is 0 Å². The van der Waals surface area contributed by atoms with Crippen LogP contribution in [0.4, 0.5) is 5.69 Å². The fourth-order valence-electron chi connectivity index (χ4n) is 3.48. The summed E-state index contributed by atoms with van der Waals surface area (Å²) in [5.41, 5.74) is 7.28. The van der Waals surface area contributed by atoms with Gasteiger partial charge in [-0.25, -0.2) is 0 Å². The van der Waals surface area contributed by atoms with Gasteiger partial charge < -0.3 is 11.1 Å². The van der Waals surface area contributed by atoms with E-state index in [2.05, 4.69) is 5.32 Å². The minimum absolute atomic E-state index is 0.192. The molecule has 8 heteroatoms. The van der Waals surface area contributed by atoms with Crippen molar-refractivity contribution in [3.63, 3.8) is 0 Å². The van der Waals surface area contributed by atoms with Crippen LogP contribution in [-0.4, -0.2) is 54.3 Å². The number of carbonyl (C=O) groups excluding carboxylic acids is 2. The lowest BCUT2D eigenvalue weighted by Crippen LogP contribution is -2.51. The van der Waals surface area contributed by atoms with Crippen LogP contribution in [0.2, 0.25) is 5.02 Å². The minimum atomic E-state index is -0.475. The molecule has 3 N–H and O–H groups in total. The Balaban J connectivity index is 1.57. The Kier molecular flexibility index (Phi) is 6.83. The lowest BCUT2D eigenvalue weighted by Gasteiger charge is -2.38. The second-order valence-corrected chi connectivity index (χ2v) is 7.31. The van der Waals surface area contributed by atoms with Crippen molar-refractivity contribution in [2.45, 2.75) is 6.04 Å². The lowest BCUT2D eigenvalue weighted by molar-refractivity contribution is -0.125. The van der Waals surface area contributed by atoms with E-state index in [0.29, 0.717) is 42.5 Å². The van der Waals surface area contributed by atoms with Gasteiger partial charge in [0.05, 0.1) is 17.8 Å². The largest absolute Gasteiger partial charge is 0.368 e. The number of hydrogen-bond donors (Lipinski definition) is 2. The third-order valence-electron chi connectivity index (χ3n) is 4.90. The molecule has 29 heavy (non-hydrogen) atoms. The summed E-state index contributed by atoms with van der Waals surface area (Å²) in [5, 5.41) is 12.4. The van der Waals surface area contributed by atoms with Gasteiger partial charge in [-0.1, -0.05) is 41.9 Å². The van der Waals surface area contributed by atoms with E-state index in [1.165, 1.54) is 0 Å². The minimum Gasteiger partial charge on any atom is -0.368 e. The van der Waals surface area contributed by atoms with Gasteiger partial charge >= 0.3 is 0 Å². The molecular weight excluding hydrogens is 390 g/mol. The number of nitrogens with two attached hydrogens (primary N) is 1. The third-order valence-corrected chi connectivity index (χ3v) is 5.14. The first-order valence-corrected chi connectivity index (χ1v) is 9.66. The van der Waals surface area contributed by atoms with Gasteiger partial charge in [0.2, 0.25) is 11.8 Å². The highest BCUT2D eigenvalue weighted by atomic mass is 35.5. The summed E-state index contributed by atoms with van der Waals surface area (Å²) < 4.78 is 0. The molecular formula is C21H22ClN5O2. The molecule has 0 spiro atoms. The van der Waals surface area contributed by atoms with Crippen molar-refractivity contribution < 1.29 is 9.59 Å². The van der Waals surface area contributed by atoms with E-state index in [9.17, 15) is 9.59 Å². The van der Waals surface area contributed by atoms with Crippen molar-refractivity contribution in [3.8, 4) is 6.07 Å². The Morgan fingerprint density at radius 3 is 2.45 bits per heavy atom. The highest BCUT2D eigenvalue weighted by Gasteiger charge is 2.29. The van der Waals surface area contributed by atoms with Crippen LogP contribution in [-0.2, 0) is 9.59 Å². The first-order chi connectivity index (χ1) is 14.0. The summed E-state index contributed by atoms with van der Waals surface area (Å²) >= 11 is 5.96. The molecule has 1 aliphatic heterocycles. The number of primary amides is 1. The molecule has 1 saturated heterocycles. The predicted octanol–water partition coefficient (Wildman–Crippen LogP) is 1.99. The molecule has 0 unspecified atom stereocenters. The molecule has 7 nitrogen and oxygen atoms in total. The number of amides is 2. The third kappa shape index (κ3) is 5.33. The summed E-state index contributed by atoms with van der Waals surface area (Å²) in [5.74, 6) is -0.598. The van der Waals surface area contributed by atoms with E-state index in [1.807, 2.05) is 46.2 Å². The number of piperazine rings is 1. The van der Waals surface area contributed by atoms with Crippen LogP contribution in [0.1, 0.15) is 17.2 Å². The molecule has 1 atom stereocenters. The second kappa shape index (κ2) is 9.52. The molecule has 1 fully saturated rings. The average Bonchev–Trinajstić information content (AvgIpc) is 2.70. The van der Waals surface area contributed by atoms with Crippen molar-refractivity contribution in [2.24, 2.45) is 5.73 Å². The molecule has 150 valence electrons. The maximum atomic E-state index is 12.4. The van der Waals surface area contributed by atoms with Crippen molar-refractivity contribution in [1.29, 1.82) is 5.26 Å². The summed E-state index contributed by atoms with van der Waals surface area (Å²) in [6, 6.07) is 15.8. The van der Waals surface area contributed by atoms with Gasteiger partial charge in [-0.05, 0) is 23.8 Å². The summed E-state index contributed by atoms with van der Waals surface area (Å²) in [6.07, 6.45) is 0. The summed E-state index contributed by atoms with van der Waals surface area (Å²) in [7, 11) is 0. The number of nitrogens with zero attached hydrogens (tertiary/aromatic N) is 3. The van der Waals surface area contributed by atoms with Gasteiger partial charge in [-0.3, -0.25) is 19.4 Å². The molecule has 0 aromatic heterocycles. The van der Waals surface area contributed by atoms with E-state index in [-0.39, 0.29) is 18.4 Å². The standard InChI is InChI=1S/C21H22ClN5O2/c22-17-7-6-16(13-23)18(12-17)25-19(28)14-26-8-10-27(11-9-26)20(21(24)29)15-4-2-1-3-5-15/h1-7,12,20H,8-11,14H2,(H2,24,29)(H,25,28)/t20-/m0/s1. The molecule has 3 rings (SSSR count). The van der Waals surface area contributed by atoms with Crippen LogP contribution in [0.15, 0.2) is 48.5 Å². The van der Waals surface area contributed by atoms with Gasteiger partial charge in [-0.15, -0.1) is 0 Å². The molecule has 2 aromatic carbocycles. The Labute approximate surface area is 174 Å². The normalized spacial score (nSPS) is 16.0. The molecule has 1 heterocycles. The van der Waals surface area contributed by atoms with E-state index in [1.54, 1.807) is 18.2 Å². The molecule has 0 saturated carbocycles. The number of nitrogens with one attached hydrogen (secondary N) is 1. The summed E-state index contributed by atoms with van der Waals surface area (Å²) in [4.78, 5) is 28.5. The van der Waals surface area contributed by atoms with E-state index < -0.39 is 6.04 Å². The first kappa shape index (κ1) is 20.8. The fraction of sp³-hybridized carbons (Fsp3) is 0.286. The van der Waals surface area contributed by atoms with E-state index >= 15 is 0 Å². The van der Waals surface area contributed by atoms with Gasteiger partial charge in [0.1, 0.15) is 12.1 Å². The molecule has 2 aromatic rings. The lowest BCUT2D eigenvalue weighted by atomic mass is 10.0. The smallest absolute Gasteiger partial charge is 0.239 e. The van der Waals surface area contributed by atoms with Crippen molar-refractivity contribution >= 4 is 29.1 Å². The number of carbonyl (C=O) groups is 2. The first-order valence-electron chi connectivity index (χ1n) is 9.28. The fourth-order valence-corrected chi connectivity index (χ4v) is 3.65. The molecule has 0 aliphatic carbocycles. The zero-order valence-electron chi connectivity index (χ0n) is 15.8. The quantitative estimate of drug-likeness (QED) is 0.756. The Bertz CT molecular complexity index is 920. The van der Waals surface area contributed by atoms with Gasteiger partial charge in [0.15, 0.2) is 0 Å². The molecule has 0 radical (unpaired) electrons. The Hall–Kier alpha value is -2.92. The van der Waals surface area contributed by atoms with Crippen molar-refractivity contribution in [2.75, 3.05) is 38.0 Å². The van der Waals surface area contributed by atoms with E-state index in [0.717, 1.165) is 5.56 Å². The maximum absolute atomic E-state index is 12.4. The molecule has 2 amide bonds. The zero-order chi connectivity index (χ0) is 20.8. The topological polar surface area (TPSA) is 102 Å². The predicted molar refractivity (Wildman–Crippen MR) is 111 cm³/mol. The Morgan fingerprint density at radius 2 is 1.83 bits per heavy atom. The number of halogens is 1. The number of rotatable bonds is 6.